The molecule has 6 rings (SSSR count). The number of amides is 2. The van der Waals surface area contributed by atoms with E-state index in [9.17, 15) is 40.3 Å². The van der Waals surface area contributed by atoms with Crippen LogP contribution in [0.4, 0.5) is 30.7 Å². The number of fused-ring (bicyclic) bond motifs is 1. The predicted octanol–water partition coefficient (Wildman–Crippen LogP) is 7.66. The molecule has 0 saturated carbocycles. The molecule has 54 heavy (non-hydrogen) atoms. The summed E-state index contributed by atoms with van der Waals surface area (Å²) in [5.41, 5.74) is 4.58. The smallest absolute Gasteiger partial charge is 0.369 e. The van der Waals surface area contributed by atoms with Crippen LogP contribution in [-0.4, -0.2) is 48.9 Å². The summed E-state index contributed by atoms with van der Waals surface area (Å²) in [6, 6.07) is 16.8. The van der Waals surface area contributed by atoms with Gasteiger partial charge in [0.2, 0.25) is 5.82 Å². The Hall–Kier alpha value is -5.28. The summed E-state index contributed by atoms with van der Waals surface area (Å²) >= 11 is 0. The Morgan fingerprint density at radius 1 is 0.907 bits per heavy atom. The van der Waals surface area contributed by atoms with E-state index in [1.54, 1.807) is 0 Å². The third-order valence-electron chi connectivity index (χ3n) is 9.89. The van der Waals surface area contributed by atoms with E-state index in [1.165, 1.54) is 35.2 Å². The first-order valence-electron chi connectivity index (χ1n) is 17.5. The van der Waals surface area contributed by atoms with Crippen LogP contribution in [0.3, 0.4) is 0 Å². The van der Waals surface area contributed by atoms with Crippen molar-refractivity contribution in [3.8, 4) is 0 Å². The lowest BCUT2D eigenvalue weighted by Crippen LogP contribution is -2.45. The van der Waals surface area contributed by atoms with E-state index in [0.29, 0.717) is 24.8 Å². The van der Waals surface area contributed by atoms with Gasteiger partial charge < -0.3 is 15.2 Å². The topological polar surface area (TPSA) is 110 Å². The molecule has 1 aromatic heterocycles. The number of aromatic nitrogens is 3. The van der Waals surface area contributed by atoms with Crippen LogP contribution in [-0.2, 0) is 42.2 Å². The van der Waals surface area contributed by atoms with E-state index in [2.05, 4.69) is 10.2 Å². The summed E-state index contributed by atoms with van der Waals surface area (Å²) in [5.74, 6) is -3.66. The van der Waals surface area contributed by atoms with Gasteiger partial charge in [0.1, 0.15) is 5.82 Å². The van der Waals surface area contributed by atoms with Gasteiger partial charge in [-0.1, -0.05) is 62.4 Å². The number of hydrogen-bond acceptors (Lipinski definition) is 6. The Morgan fingerprint density at radius 2 is 1.61 bits per heavy atom. The molecule has 4 aromatic rings. The minimum Gasteiger partial charge on any atom is -0.369 e. The number of benzene rings is 3. The van der Waals surface area contributed by atoms with Crippen molar-refractivity contribution in [2.75, 3.05) is 6.54 Å². The molecule has 2 N–H and O–H groups in total. The molecule has 1 unspecified atom stereocenters. The van der Waals surface area contributed by atoms with Gasteiger partial charge in [0.05, 0.1) is 23.7 Å². The van der Waals surface area contributed by atoms with Crippen molar-refractivity contribution in [2.45, 2.75) is 83.0 Å². The number of nitrogens with two attached hydrogens (primary N) is 1. The van der Waals surface area contributed by atoms with Crippen LogP contribution >= 0.6 is 0 Å². The number of nitrogens with zero attached hydrogens (tertiary/aromatic N) is 6. The number of halogens is 7. The molecule has 2 aliphatic heterocycles. The van der Waals surface area contributed by atoms with Crippen LogP contribution in [0.25, 0.3) is 0 Å². The van der Waals surface area contributed by atoms with Crippen LogP contribution in [0.2, 0.25) is 0 Å². The van der Waals surface area contributed by atoms with E-state index in [0.717, 1.165) is 27.2 Å². The number of aliphatic imine (C=N–C) groups is 1. The van der Waals surface area contributed by atoms with Gasteiger partial charge in [-0.2, -0.15) is 26.3 Å². The zero-order chi connectivity index (χ0) is 39.0. The van der Waals surface area contributed by atoms with Gasteiger partial charge in [0.25, 0.3) is 11.8 Å². The number of guanidine groups is 1. The first kappa shape index (κ1) is 38.4. The van der Waals surface area contributed by atoms with E-state index in [-0.39, 0.29) is 49.2 Å². The molecule has 2 amide bonds. The SMILES string of the molecule is CC(C)CC[C@]1(c2ccc(F)cc2)N=C(N)N(C(CCCc2ccccc2)c2ccc(C(F)(F)F)c(C(=O)N3CCn4c(nnc4C(F)(F)F)C3)c2)C1=O. The Balaban J connectivity index is 1.40. The van der Waals surface area contributed by atoms with E-state index in [4.69, 9.17) is 10.7 Å². The second-order valence-corrected chi connectivity index (χ2v) is 14.0. The van der Waals surface area contributed by atoms with Crippen LogP contribution in [0.1, 0.15) is 89.8 Å². The predicted molar refractivity (Wildman–Crippen MR) is 184 cm³/mol. The van der Waals surface area contributed by atoms with Gasteiger partial charge in [-0.15, -0.1) is 10.2 Å². The summed E-state index contributed by atoms with van der Waals surface area (Å²) < 4.78 is 98.7. The molecule has 0 saturated heterocycles. The maximum absolute atomic E-state index is 14.8. The highest BCUT2D eigenvalue weighted by Crippen LogP contribution is 2.44. The van der Waals surface area contributed by atoms with Crippen LogP contribution in [0, 0.1) is 11.7 Å². The summed E-state index contributed by atoms with van der Waals surface area (Å²) in [4.78, 5) is 35.7. The highest BCUT2D eigenvalue weighted by Gasteiger charge is 2.51. The van der Waals surface area contributed by atoms with Crippen molar-refractivity contribution in [1.82, 2.24) is 24.6 Å². The number of alkyl halides is 6. The minimum absolute atomic E-state index is 0.148. The zero-order valence-electron chi connectivity index (χ0n) is 29.5. The van der Waals surface area contributed by atoms with Gasteiger partial charge in [0, 0.05) is 13.1 Å². The fourth-order valence-electron chi connectivity index (χ4n) is 7.11. The van der Waals surface area contributed by atoms with Gasteiger partial charge in [0.15, 0.2) is 17.3 Å². The molecule has 16 heteroatoms. The minimum atomic E-state index is -4.98. The van der Waals surface area contributed by atoms with Crippen molar-refractivity contribution < 1.29 is 40.3 Å². The quantitative estimate of drug-likeness (QED) is 0.158. The van der Waals surface area contributed by atoms with Crippen molar-refractivity contribution in [2.24, 2.45) is 16.6 Å². The van der Waals surface area contributed by atoms with Gasteiger partial charge in [-0.3, -0.25) is 14.5 Å². The van der Waals surface area contributed by atoms with Crippen molar-refractivity contribution in [3.63, 3.8) is 0 Å². The molecule has 3 aromatic carbocycles. The summed E-state index contributed by atoms with van der Waals surface area (Å²) in [6.45, 7) is 2.71. The fraction of sp³-hybridized carbons (Fsp3) is 0.395. The van der Waals surface area contributed by atoms with Gasteiger partial charge in [-0.05, 0) is 79.0 Å². The Labute approximate surface area is 306 Å². The highest BCUT2D eigenvalue weighted by molar-refractivity contribution is 6.07. The van der Waals surface area contributed by atoms with Gasteiger partial charge in [-0.25, -0.2) is 9.38 Å². The maximum Gasteiger partial charge on any atom is 0.451 e. The monoisotopic (exact) mass is 757 g/mol. The summed E-state index contributed by atoms with van der Waals surface area (Å²) in [6.07, 6.45) is -7.83. The molecule has 286 valence electrons. The van der Waals surface area contributed by atoms with E-state index in [1.807, 2.05) is 44.2 Å². The largest absolute Gasteiger partial charge is 0.451 e. The molecule has 2 atom stereocenters. The van der Waals surface area contributed by atoms with Crippen LogP contribution in [0.5, 0.6) is 0 Å². The molecule has 0 aliphatic carbocycles. The third-order valence-corrected chi connectivity index (χ3v) is 9.89. The molecular weight excluding hydrogens is 719 g/mol. The van der Waals surface area contributed by atoms with Crippen molar-refractivity contribution >= 4 is 17.8 Å². The molecular formula is C38H38F7N7O2. The summed E-state index contributed by atoms with van der Waals surface area (Å²) in [5, 5.41) is 6.74. The van der Waals surface area contributed by atoms with Crippen LogP contribution < -0.4 is 5.73 Å². The normalized spacial score (nSPS) is 18.3. The molecule has 2 aliphatic rings. The van der Waals surface area contributed by atoms with Gasteiger partial charge >= 0.3 is 12.4 Å². The number of aryl methyl sites for hydroxylation is 1. The van der Waals surface area contributed by atoms with Crippen LogP contribution in [0.15, 0.2) is 77.8 Å². The van der Waals surface area contributed by atoms with E-state index < -0.39 is 65.1 Å². The lowest BCUT2D eigenvalue weighted by Gasteiger charge is -2.33. The van der Waals surface area contributed by atoms with Crippen molar-refractivity contribution in [1.29, 1.82) is 0 Å². The fourth-order valence-corrected chi connectivity index (χ4v) is 7.11. The highest BCUT2D eigenvalue weighted by atomic mass is 19.4. The third kappa shape index (κ3) is 7.69. The number of hydrogen-bond donors (Lipinski definition) is 1. The second kappa shape index (κ2) is 14.9. The first-order chi connectivity index (χ1) is 25.5. The Kier molecular flexibility index (Phi) is 10.6. The average molecular weight is 758 g/mol. The molecule has 0 spiro atoms. The molecule has 0 fully saturated rings. The van der Waals surface area contributed by atoms with Crippen molar-refractivity contribution in [3.05, 3.63) is 118 Å². The summed E-state index contributed by atoms with van der Waals surface area (Å²) in [7, 11) is 0. The maximum atomic E-state index is 14.8. The lowest BCUT2D eigenvalue weighted by atomic mass is 9.83. The number of carbonyl (C=O) groups excluding carboxylic acids is 2. The molecule has 9 nitrogen and oxygen atoms in total. The first-order valence-corrected chi connectivity index (χ1v) is 17.5. The van der Waals surface area contributed by atoms with E-state index >= 15 is 0 Å². The number of rotatable bonds is 11. The molecule has 3 heterocycles. The Bertz CT molecular complexity index is 2030. The Morgan fingerprint density at radius 3 is 2.26 bits per heavy atom. The average Bonchev–Trinajstić information content (AvgIpc) is 3.67. The molecule has 0 bridgehead atoms. The zero-order valence-corrected chi connectivity index (χ0v) is 29.5. The standard InChI is InChI=1S/C38H38F7N7O2/c1-23(2)17-18-36(26-12-14-27(39)15-13-26)34(54)52(35(46)47-36)30(10-6-9-24-7-4-3-5-8-24)25-11-16-29(37(40,41)42)28(21-25)32(53)50-19-20-51-31(22-50)48-49-33(51)38(43,44)45/h3-5,7-8,11-16,21,23,30H,6,9-10,17-20,22H2,1-2H3,(H2,46,47)/t30?,36-/m1/s1. The molecule has 0 radical (unpaired) electrons. The lowest BCUT2D eigenvalue weighted by molar-refractivity contribution is -0.148. The number of carbonyl (C=O) groups is 2. The second-order valence-electron chi connectivity index (χ2n) is 14.0.